The Labute approximate surface area is 123 Å². The van der Waals surface area contributed by atoms with Gasteiger partial charge in [-0.2, -0.15) is 0 Å². The molecule has 0 heterocycles. The SMILES string of the molecule is O=C(NC(CBr)c1ccccc1)c1cc(F)ccc1F. The molecule has 0 saturated carbocycles. The summed E-state index contributed by atoms with van der Waals surface area (Å²) in [6.07, 6.45) is 0. The highest BCUT2D eigenvalue weighted by molar-refractivity contribution is 9.09. The molecule has 1 unspecified atom stereocenters. The Morgan fingerprint density at radius 3 is 2.50 bits per heavy atom. The standard InChI is InChI=1S/C15H12BrF2NO/c16-9-14(10-4-2-1-3-5-10)19-15(20)12-8-11(17)6-7-13(12)18/h1-8,14H,9H2,(H,19,20). The molecule has 104 valence electrons. The van der Waals surface area contributed by atoms with Gasteiger partial charge in [0.05, 0.1) is 11.6 Å². The Morgan fingerprint density at radius 1 is 1.15 bits per heavy atom. The lowest BCUT2D eigenvalue weighted by Gasteiger charge is -2.17. The van der Waals surface area contributed by atoms with Crippen molar-refractivity contribution in [1.82, 2.24) is 5.32 Å². The summed E-state index contributed by atoms with van der Waals surface area (Å²) >= 11 is 3.30. The molecule has 2 rings (SSSR count). The minimum Gasteiger partial charge on any atom is -0.344 e. The van der Waals surface area contributed by atoms with Gasteiger partial charge in [0.25, 0.3) is 5.91 Å². The zero-order chi connectivity index (χ0) is 14.5. The van der Waals surface area contributed by atoms with Crippen LogP contribution in [0.25, 0.3) is 0 Å². The van der Waals surface area contributed by atoms with E-state index in [1.807, 2.05) is 30.3 Å². The molecule has 2 nitrogen and oxygen atoms in total. The number of halogens is 3. The number of carbonyl (C=O) groups is 1. The molecule has 2 aromatic rings. The number of rotatable bonds is 4. The van der Waals surface area contributed by atoms with Gasteiger partial charge in [0, 0.05) is 5.33 Å². The minimum atomic E-state index is -0.745. The van der Waals surface area contributed by atoms with Crippen LogP contribution in [0.5, 0.6) is 0 Å². The smallest absolute Gasteiger partial charge is 0.254 e. The molecule has 1 amide bonds. The second kappa shape index (κ2) is 6.61. The van der Waals surface area contributed by atoms with Crippen LogP contribution in [0.3, 0.4) is 0 Å². The van der Waals surface area contributed by atoms with Crippen molar-refractivity contribution in [3.8, 4) is 0 Å². The minimum absolute atomic E-state index is 0.299. The first-order valence-electron chi connectivity index (χ1n) is 5.98. The van der Waals surface area contributed by atoms with Crippen molar-refractivity contribution in [3.05, 3.63) is 71.3 Å². The van der Waals surface area contributed by atoms with E-state index < -0.39 is 17.5 Å². The number of benzene rings is 2. The van der Waals surface area contributed by atoms with E-state index in [9.17, 15) is 13.6 Å². The molecule has 0 aliphatic rings. The van der Waals surface area contributed by atoms with E-state index in [4.69, 9.17) is 0 Å². The number of hydrogen-bond acceptors (Lipinski definition) is 1. The number of amides is 1. The highest BCUT2D eigenvalue weighted by atomic mass is 79.9. The molecule has 0 saturated heterocycles. The van der Waals surface area contributed by atoms with Crippen molar-refractivity contribution in [2.24, 2.45) is 0 Å². The van der Waals surface area contributed by atoms with E-state index in [-0.39, 0.29) is 11.6 Å². The van der Waals surface area contributed by atoms with E-state index >= 15 is 0 Å². The van der Waals surface area contributed by atoms with E-state index in [0.717, 1.165) is 23.8 Å². The van der Waals surface area contributed by atoms with Gasteiger partial charge in [-0.3, -0.25) is 4.79 Å². The lowest BCUT2D eigenvalue weighted by atomic mass is 10.1. The quantitative estimate of drug-likeness (QED) is 0.842. The van der Waals surface area contributed by atoms with Gasteiger partial charge >= 0.3 is 0 Å². The normalized spacial score (nSPS) is 11.9. The van der Waals surface area contributed by atoms with Gasteiger partial charge in [0.1, 0.15) is 11.6 Å². The molecule has 0 fully saturated rings. The van der Waals surface area contributed by atoms with Crippen molar-refractivity contribution in [1.29, 1.82) is 0 Å². The Morgan fingerprint density at radius 2 is 1.85 bits per heavy atom. The van der Waals surface area contributed by atoms with E-state index in [2.05, 4.69) is 21.2 Å². The molecule has 0 bridgehead atoms. The Bertz CT molecular complexity index is 604. The van der Waals surface area contributed by atoms with Crippen LogP contribution in [0, 0.1) is 11.6 Å². The van der Waals surface area contributed by atoms with Crippen LogP contribution in [-0.4, -0.2) is 11.2 Å². The third kappa shape index (κ3) is 3.42. The molecule has 0 radical (unpaired) electrons. The van der Waals surface area contributed by atoms with Crippen LogP contribution >= 0.6 is 15.9 Å². The lowest BCUT2D eigenvalue weighted by molar-refractivity contribution is 0.0936. The zero-order valence-corrected chi connectivity index (χ0v) is 12.0. The summed E-state index contributed by atoms with van der Waals surface area (Å²) in [7, 11) is 0. The van der Waals surface area contributed by atoms with Crippen LogP contribution in [-0.2, 0) is 0 Å². The van der Waals surface area contributed by atoms with Crippen molar-refractivity contribution >= 4 is 21.8 Å². The monoisotopic (exact) mass is 339 g/mol. The number of alkyl halides is 1. The van der Waals surface area contributed by atoms with E-state index in [0.29, 0.717) is 5.33 Å². The fourth-order valence-corrected chi connectivity index (χ4v) is 2.34. The third-order valence-corrected chi connectivity index (χ3v) is 3.48. The average Bonchev–Trinajstić information content (AvgIpc) is 2.48. The maximum absolute atomic E-state index is 13.5. The molecule has 0 aromatic heterocycles. The molecule has 0 aliphatic carbocycles. The van der Waals surface area contributed by atoms with Gasteiger partial charge in [-0.25, -0.2) is 8.78 Å². The molecule has 1 atom stereocenters. The second-order valence-corrected chi connectivity index (χ2v) is 4.86. The second-order valence-electron chi connectivity index (χ2n) is 4.22. The highest BCUT2D eigenvalue weighted by Crippen LogP contribution is 2.17. The fourth-order valence-electron chi connectivity index (χ4n) is 1.80. The van der Waals surface area contributed by atoms with Crippen LogP contribution in [0.2, 0.25) is 0 Å². The van der Waals surface area contributed by atoms with Gasteiger partial charge in [-0.1, -0.05) is 46.3 Å². The number of hydrogen-bond donors (Lipinski definition) is 1. The molecule has 0 spiro atoms. The molecular weight excluding hydrogens is 328 g/mol. The molecule has 5 heteroatoms. The molecule has 20 heavy (non-hydrogen) atoms. The maximum Gasteiger partial charge on any atom is 0.254 e. The first-order valence-corrected chi connectivity index (χ1v) is 7.11. The average molecular weight is 340 g/mol. The highest BCUT2D eigenvalue weighted by Gasteiger charge is 2.17. The van der Waals surface area contributed by atoms with Crippen LogP contribution in [0.15, 0.2) is 48.5 Å². The molecule has 0 aliphatic heterocycles. The van der Waals surface area contributed by atoms with Crippen LogP contribution in [0.4, 0.5) is 8.78 Å². The first-order chi connectivity index (χ1) is 9.61. The lowest BCUT2D eigenvalue weighted by Crippen LogP contribution is -2.30. The van der Waals surface area contributed by atoms with Crippen molar-refractivity contribution < 1.29 is 13.6 Å². The van der Waals surface area contributed by atoms with Crippen molar-refractivity contribution in [3.63, 3.8) is 0 Å². The third-order valence-electron chi connectivity index (χ3n) is 2.83. The Kier molecular flexibility index (Phi) is 4.84. The van der Waals surface area contributed by atoms with Gasteiger partial charge in [-0.05, 0) is 23.8 Å². The van der Waals surface area contributed by atoms with Crippen molar-refractivity contribution in [2.75, 3.05) is 5.33 Å². The summed E-state index contributed by atoms with van der Waals surface area (Å²) in [5.74, 6) is -2.03. The fraction of sp³-hybridized carbons (Fsp3) is 0.133. The predicted molar refractivity (Wildman–Crippen MR) is 76.8 cm³/mol. The van der Waals surface area contributed by atoms with Crippen molar-refractivity contribution in [2.45, 2.75) is 6.04 Å². The van der Waals surface area contributed by atoms with Crippen LogP contribution in [0.1, 0.15) is 22.0 Å². The van der Waals surface area contributed by atoms with Gasteiger partial charge in [0.15, 0.2) is 0 Å². The molecular formula is C15H12BrF2NO. The summed E-state index contributed by atoms with van der Waals surface area (Å²) in [6, 6.07) is 11.8. The zero-order valence-electron chi connectivity index (χ0n) is 10.4. The largest absolute Gasteiger partial charge is 0.344 e. The van der Waals surface area contributed by atoms with Gasteiger partial charge in [-0.15, -0.1) is 0 Å². The first kappa shape index (κ1) is 14.7. The maximum atomic E-state index is 13.5. The summed E-state index contributed by atoms with van der Waals surface area (Å²) in [5.41, 5.74) is 0.585. The molecule has 1 N–H and O–H groups in total. The van der Waals surface area contributed by atoms with Gasteiger partial charge < -0.3 is 5.32 Å². The Hall–Kier alpha value is -1.75. The van der Waals surface area contributed by atoms with Crippen LogP contribution < -0.4 is 5.32 Å². The molecule has 2 aromatic carbocycles. The topological polar surface area (TPSA) is 29.1 Å². The van der Waals surface area contributed by atoms with Gasteiger partial charge in [0.2, 0.25) is 0 Å². The number of carbonyl (C=O) groups excluding carboxylic acids is 1. The summed E-state index contributed by atoms with van der Waals surface area (Å²) in [6.45, 7) is 0. The van der Waals surface area contributed by atoms with E-state index in [1.165, 1.54) is 0 Å². The summed E-state index contributed by atoms with van der Waals surface area (Å²) in [4.78, 5) is 12.0. The predicted octanol–water partition coefficient (Wildman–Crippen LogP) is 3.83. The summed E-state index contributed by atoms with van der Waals surface area (Å²) < 4.78 is 26.6. The number of nitrogens with one attached hydrogen (secondary N) is 1. The van der Waals surface area contributed by atoms with E-state index in [1.54, 1.807) is 0 Å². The Balaban J connectivity index is 2.20. The summed E-state index contributed by atoms with van der Waals surface area (Å²) in [5, 5.41) is 3.15.